The summed E-state index contributed by atoms with van der Waals surface area (Å²) in [7, 11) is 1.62. The molecule has 0 aromatic heterocycles. The number of nitrogens with two attached hydrogens (primary N) is 1. The maximum atomic E-state index is 13.3. The molecule has 0 atom stereocenters. The lowest BCUT2D eigenvalue weighted by atomic mass is 9.93. The van der Waals surface area contributed by atoms with Gasteiger partial charge < -0.3 is 10.5 Å². The van der Waals surface area contributed by atoms with Crippen LogP contribution in [0.1, 0.15) is 24.0 Å². The molecule has 1 aliphatic rings. The number of ether oxygens (including phenoxy) is 1. The van der Waals surface area contributed by atoms with Gasteiger partial charge in [0.25, 0.3) is 0 Å². The third kappa shape index (κ3) is 1.61. The molecule has 2 nitrogen and oxygen atoms in total. The highest BCUT2D eigenvalue weighted by molar-refractivity contribution is 5.48. The monoisotopic (exact) mass is 209 g/mol. The number of rotatable bonds is 3. The van der Waals surface area contributed by atoms with Gasteiger partial charge in [0.2, 0.25) is 0 Å². The van der Waals surface area contributed by atoms with Gasteiger partial charge in [0, 0.05) is 17.5 Å². The molecule has 1 aromatic rings. The standard InChI is InChI=1S/C12H16FNO/c1-8-5-9(13)6-10(11(8)15-2)12(7-14)3-4-12/h5-6H,3-4,7,14H2,1-2H3. The van der Waals surface area contributed by atoms with Crippen molar-refractivity contribution < 1.29 is 9.13 Å². The summed E-state index contributed by atoms with van der Waals surface area (Å²) in [4.78, 5) is 0. The molecule has 0 aliphatic heterocycles. The highest BCUT2D eigenvalue weighted by Gasteiger charge is 2.45. The normalized spacial score (nSPS) is 17.6. The molecular formula is C12H16FNO. The molecule has 3 heteroatoms. The molecule has 2 N–H and O–H groups in total. The summed E-state index contributed by atoms with van der Waals surface area (Å²) < 4.78 is 18.7. The van der Waals surface area contributed by atoms with Crippen molar-refractivity contribution in [2.45, 2.75) is 25.2 Å². The van der Waals surface area contributed by atoms with Crippen LogP contribution in [0.15, 0.2) is 12.1 Å². The average molecular weight is 209 g/mol. The molecule has 0 bridgehead atoms. The number of methoxy groups -OCH3 is 1. The zero-order valence-corrected chi connectivity index (χ0v) is 9.14. The van der Waals surface area contributed by atoms with E-state index in [9.17, 15) is 4.39 Å². The van der Waals surface area contributed by atoms with Crippen molar-refractivity contribution in [3.8, 4) is 5.75 Å². The number of hydrogen-bond donors (Lipinski definition) is 1. The second-order valence-electron chi connectivity index (χ2n) is 4.29. The van der Waals surface area contributed by atoms with Gasteiger partial charge in [-0.15, -0.1) is 0 Å². The van der Waals surface area contributed by atoms with Gasteiger partial charge in [-0.2, -0.15) is 0 Å². The van der Waals surface area contributed by atoms with Crippen LogP contribution in [-0.4, -0.2) is 13.7 Å². The van der Waals surface area contributed by atoms with Crippen molar-refractivity contribution >= 4 is 0 Å². The van der Waals surface area contributed by atoms with Crippen LogP contribution in [0.2, 0.25) is 0 Å². The SMILES string of the molecule is COc1c(C)cc(F)cc1C1(CN)CC1. The fourth-order valence-corrected chi connectivity index (χ4v) is 2.13. The van der Waals surface area contributed by atoms with Crippen LogP contribution in [0, 0.1) is 12.7 Å². The van der Waals surface area contributed by atoms with Gasteiger partial charge in [0.15, 0.2) is 0 Å². The number of hydrogen-bond acceptors (Lipinski definition) is 2. The van der Waals surface area contributed by atoms with Crippen LogP contribution in [0.4, 0.5) is 4.39 Å². The minimum atomic E-state index is -0.206. The fraction of sp³-hybridized carbons (Fsp3) is 0.500. The van der Waals surface area contributed by atoms with E-state index in [1.54, 1.807) is 13.2 Å². The Bertz CT molecular complexity index is 385. The molecule has 2 rings (SSSR count). The minimum Gasteiger partial charge on any atom is -0.496 e. The van der Waals surface area contributed by atoms with Crippen molar-refractivity contribution in [2.75, 3.05) is 13.7 Å². The number of halogens is 1. The van der Waals surface area contributed by atoms with E-state index < -0.39 is 0 Å². The maximum Gasteiger partial charge on any atom is 0.125 e. The van der Waals surface area contributed by atoms with Gasteiger partial charge >= 0.3 is 0 Å². The van der Waals surface area contributed by atoms with E-state index in [0.717, 1.165) is 29.7 Å². The number of aryl methyl sites for hydroxylation is 1. The van der Waals surface area contributed by atoms with Crippen LogP contribution in [0.3, 0.4) is 0 Å². The Labute approximate surface area is 89.2 Å². The molecule has 0 unspecified atom stereocenters. The van der Waals surface area contributed by atoms with E-state index in [4.69, 9.17) is 10.5 Å². The minimum absolute atomic E-state index is 0.0296. The van der Waals surface area contributed by atoms with E-state index in [0.29, 0.717) is 6.54 Å². The van der Waals surface area contributed by atoms with Crippen molar-refractivity contribution in [3.63, 3.8) is 0 Å². The summed E-state index contributed by atoms with van der Waals surface area (Å²) in [5.74, 6) is 0.586. The third-order valence-electron chi connectivity index (χ3n) is 3.26. The molecule has 0 heterocycles. The Balaban J connectivity index is 2.54. The highest BCUT2D eigenvalue weighted by Crippen LogP contribution is 2.51. The second kappa shape index (κ2) is 3.49. The third-order valence-corrected chi connectivity index (χ3v) is 3.26. The van der Waals surface area contributed by atoms with E-state index in [1.165, 1.54) is 6.07 Å². The van der Waals surface area contributed by atoms with Crippen LogP contribution in [-0.2, 0) is 5.41 Å². The first-order chi connectivity index (χ1) is 7.13. The molecule has 82 valence electrons. The first-order valence-corrected chi connectivity index (χ1v) is 5.17. The molecule has 0 saturated heterocycles. The molecule has 1 aromatic carbocycles. The molecule has 1 aliphatic carbocycles. The molecule has 1 saturated carbocycles. The predicted molar refractivity (Wildman–Crippen MR) is 57.7 cm³/mol. The lowest BCUT2D eigenvalue weighted by Gasteiger charge is -2.18. The molecule has 0 spiro atoms. The zero-order valence-electron chi connectivity index (χ0n) is 9.14. The van der Waals surface area contributed by atoms with Crippen LogP contribution in [0.5, 0.6) is 5.75 Å². The highest BCUT2D eigenvalue weighted by atomic mass is 19.1. The summed E-state index contributed by atoms with van der Waals surface area (Å²) >= 11 is 0. The summed E-state index contributed by atoms with van der Waals surface area (Å²) in [5.41, 5.74) is 7.49. The Morgan fingerprint density at radius 3 is 2.60 bits per heavy atom. The van der Waals surface area contributed by atoms with Gasteiger partial charge in [-0.1, -0.05) is 0 Å². The van der Waals surface area contributed by atoms with E-state index >= 15 is 0 Å². The topological polar surface area (TPSA) is 35.2 Å². The Morgan fingerprint density at radius 1 is 1.47 bits per heavy atom. The first kappa shape index (κ1) is 10.4. The summed E-state index contributed by atoms with van der Waals surface area (Å²) in [5, 5.41) is 0. The lowest BCUT2D eigenvalue weighted by molar-refractivity contribution is 0.399. The van der Waals surface area contributed by atoms with Gasteiger partial charge in [-0.05, 0) is 37.5 Å². The van der Waals surface area contributed by atoms with Crippen LogP contribution >= 0.6 is 0 Å². The van der Waals surface area contributed by atoms with Crippen molar-refractivity contribution in [2.24, 2.45) is 5.73 Å². The van der Waals surface area contributed by atoms with Crippen LogP contribution < -0.4 is 10.5 Å². The van der Waals surface area contributed by atoms with E-state index in [2.05, 4.69) is 0 Å². The van der Waals surface area contributed by atoms with Gasteiger partial charge in [0.1, 0.15) is 11.6 Å². The Hall–Kier alpha value is -1.09. The van der Waals surface area contributed by atoms with Crippen molar-refractivity contribution in [1.82, 2.24) is 0 Å². The van der Waals surface area contributed by atoms with Gasteiger partial charge in [-0.3, -0.25) is 0 Å². The maximum absolute atomic E-state index is 13.3. The summed E-state index contributed by atoms with van der Waals surface area (Å²) in [6.07, 6.45) is 2.06. The lowest BCUT2D eigenvalue weighted by Crippen LogP contribution is -2.21. The summed E-state index contributed by atoms with van der Waals surface area (Å²) in [6.45, 7) is 2.42. The molecule has 0 amide bonds. The zero-order chi connectivity index (χ0) is 11.1. The average Bonchev–Trinajstić information content (AvgIpc) is 2.97. The van der Waals surface area contributed by atoms with E-state index in [-0.39, 0.29) is 11.2 Å². The molecule has 1 fully saturated rings. The van der Waals surface area contributed by atoms with E-state index in [1.807, 2.05) is 6.92 Å². The molecule has 0 radical (unpaired) electrons. The largest absolute Gasteiger partial charge is 0.496 e. The summed E-state index contributed by atoms with van der Waals surface area (Å²) in [6, 6.07) is 3.06. The number of benzene rings is 1. The molecule has 15 heavy (non-hydrogen) atoms. The Kier molecular flexibility index (Phi) is 2.43. The predicted octanol–water partition coefficient (Wildman–Crippen LogP) is 2.13. The smallest absolute Gasteiger partial charge is 0.125 e. The second-order valence-corrected chi connectivity index (χ2v) is 4.29. The first-order valence-electron chi connectivity index (χ1n) is 5.17. The van der Waals surface area contributed by atoms with Gasteiger partial charge in [-0.25, -0.2) is 4.39 Å². The van der Waals surface area contributed by atoms with Crippen molar-refractivity contribution in [3.05, 3.63) is 29.1 Å². The fourth-order valence-electron chi connectivity index (χ4n) is 2.13. The quantitative estimate of drug-likeness (QED) is 0.827. The Morgan fingerprint density at radius 2 is 2.13 bits per heavy atom. The van der Waals surface area contributed by atoms with Gasteiger partial charge in [0.05, 0.1) is 7.11 Å². The van der Waals surface area contributed by atoms with Crippen molar-refractivity contribution in [1.29, 1.82) is 0 Å². The van der Waals surface area contributed by atoms with Crippen LogP contribution in [0.25, 0.3) is 0 Å². The molecular weight excluding hydrogens is 193 g/mol.